The van der Waals surface area contributed by atoms with Crippen LogP contribution in [0.3, 0.4) is 0 Å². The van der Waals surface area contributed by atoms with Gasteiger partial charge in [0.15, 0.2) is 0 Å². The fourth-order valence-electron chi connectivity index (χ4n) is 1.84. The molecule has 0 radical (unpaired) electrons. The summed E-state index contributed by atoms with van der Waals surface area (Å²) in [5.41, 5.74) is -0.717. The van der Waals surface area contributed by atoms with Crippen molar-refractivity contribution in [2.75, 3.05) is 13.1 Å². The maximum absolute atomic E-state index is 13.3. The Bertz CT molecular complexity index is 329. The molecule has 3 nitrogen and oxygen atoms in total. The number of halogens is 2. The number of hydrogen-bond acceptors (Lipinski definition) is 3. The van der Waals surface area contributed by atoms with Gasteiger partial charge in [-0.15, -0.1) is 12.4 Å². The fourth-order valence-corrected chi connectivity index (χ4v) is 1.84. The molecule has 0 amide bonds. The van der Waals surface area contributed by atoms with Crippen LogP contribution in [-0.4, -0.2) is 23.2 Å². The second-order valence-electron chi connectivity index (χ2n) is 3.62. The number of rotatable bonds is 1. The molecule has 0 saturated carbocycles. The van der Waals surface area contributed by atoms with Gasteiger partial charge in [0.05, 0.1) is 5.60 Å². The van der Waals surface area contributed by atoms with Gasteiger partial charge in [-0.2, -0.15) is 4.39 Å². The molecule has 0 aliphatic carbocycles. The molecule has 0 atom stereocenters. The number of nitrogens with one attached hydrogen (secondary N) is 1. The predicted molar refractivity (Wildman–Crippen MR) is 57.4 cm³/mol. The summed E-state index contributed by atoms with van der Waals surface area (Å²) in [6.45, 7) is 1.43. The van der Waals surface area contributed by atoms with Crippen LogP contribution in [0.1, 0.15) is 18.4 Å². The van der Waals surface area contributed by atoms with E-state index in [-0.39, 0.29) is 12.4 Å². The summed E-state index contributed by atoms with van der Waals surface area (Å²) in [5.74, 6) is -0.558. The van der Waals surface area contributed by atoms with Gasteiger partial charge in [0.25, 0.3) is 0 Å². The van der Waals surface area contributed by atoms with Gasteiger partial charge in [0, 0.05) is 11.8 Å². The van der Waals surface area contributed by atoms with Crippen molar-refractivity contribution in [3.8, 4) is 0 Å². The lowest BCUT2D eigenvalue weighted by atomic mass is 9.86. The minimum atomic E-state index is -1.04. The quantitative estimate of drug-likeness (QED) is 0.716. The van der Waals surface area contributed by atoms with Crippen LogP contribution in [0.2, 0.25) is 0 Å². The van der Waals surface area contributed by atoms with Crippen molar-refractivity contribution in [1.29, 1.82) is 0 Å². The van der Waals surface area contributed by atoms with Gasteiger partial charge in [0.2, 0.25) is 5.95 Å². The summed E-state index contributed by atoms with van der Waals surface area (Å²) in [5, 5.41) is 13.3. The Balaban J connectivity index is 0.00000112. The van der Waals surface area contributed by atoms with Gasteiger partial charge < -0.3 is 10.4 Å². The number of hydrogen-bond donors (Lipinski definition) is 2. The standard InChI is InChI=1S/C10H13FN2O.ClH/c11-9-8(2-1-5-13-9)10(14)3-6-12-7-4-10;/h1-2,5,12,14H,3-4,6-7H2;1H. The van der Waals surface area contributed by atoms with E-state index in [0.717, 1.165) is 0 Å². The SMILES string of the molecule is Cl.OC1(c2cccnc2F)CCNCC1. The number of piperidine rings is 1. The smallest absolute Gasteiger partial charge is 0.218 e. The molecule has 15 heavy (non-hydrogen) atoms. The highest BCUT2D eigenvalue weighted by molar-refractivity contribution is 5.85. The van der Waals surface area contributed by atoms with E-state index < -0.39 is 11.5 Å². The average Bonchev–Trinajstić information content (AvgIpc) is 2.19. The topological polar surface area (TPSA) is 45.2 Å². The zero-order valence-corrected chi connectivity index (χ0v) is 9.06. The molecule has 2 N–H and O–H groups in total. The van der Waals surface area contributed by atoms with Gasteiger partial charge in [-0.3, -0.25) is 0 Å². The molecule has 1 aromatic heterocycles. The molecule has 1 aliphatic heterocycles. The average molecular weight is 233 g/mol. The van der Waals surface area contributed by atoms with Gasteiger partial charge in [-0.25, -0.2) is 4.98 Å². The first kappa shape index (κ1) is 12.4. The molecule has 0 spiro atoms. The number of aliphatic hydroxyl groups is 1. The highest BCUT2D eigenvalue weighted by Crippen LogP contribution is 2.31. The van der Waals surface area contributed by atoms with Crippen LogP contribution in [0.5, 0.6) is 0 Å². The maximum Gasteiger partial charge on any atom is 0.218 e. The Labute approximate surface area is 94.1 Å². The third-order valence-electron chi connectivity index (χ3n) is 2.69. The van der Waals surface area contributed by atoms with E-state index in [9.17, 15) is 9.50 Å². The van der Waals surface area contributed by atoms with Crippen molar-refractivity contribution in [2.24, 2.45) is 0 Å². The van der Waals surface area contributed by atoms with Crippen LogP contribution < -0.4 is 5.32 Å². The molecule has 1 fully saturated rings. The van der Waals surface area contributed by atoms with Crippen molar-refractivity contribution in [3.63, 3.8) is 0 Å². The molecule has 0 bridgehead atoms. The Morgan fingerprint density at radius 3 is 2.67 bits per heavy atom. The van der Waals surface area contributed by atoms with Gasteiger partial charge in [-0.1, -0.05) is 6.07 Å². The second kappa shape index (κ2) is 4.88. The molecule has 2 rings (SSSR count). The first-order chi connectivity index (χ1) is 6.72. The normalized spacial score (nSPS) is 19.3. The van der Waals surface area contributed by atoms with E-state index in [2.05, 4.69) is 10.3 Å². The summed E-state index contributed by atoms with van der Waals surface area (Å²) in [7, 11) is 0. The molecule has 5 heteroatoms. The first-order valence-electron chi connectivity index (χ1n) is 4.76. The summed E-state index contributed by atoms with van der Waals surface area (Å²) in [6.07, 6.45) is 2.47. The molecular formula is C10H14ClFN2O. The second-order valence-corrected chi connectivity index (χ2v) is 3.62. The molecule has 2 heterocycles. The predicted octanol–water partition coefficient (Wildman–Crippen LogP) is 1.21. The van der Waals surface area contributed by atoms with Crippen molar-refractivity contribution in [1.82, 2.24) is 10.3 Å². The van der Waals surface area contributed by atoms with E-state index in [4.69, 9.17) is 0 Å². The molecule has 1 saturated heterocycles. The van der Waals surface area contributed by atoms with Crippen LogP contribution in [0.25, 0.3) is 0 Å². The molecule has 1 aliphatic rings. The zero-order chi connectivity index (χ0) is 10.0. The van der Waals surface area contributed by atoms with Crippen LogP contribution in [0, 0.1) is 5.95 Å². The van der Waals surface area contributed by atoms with E-state index in [1.807, 2.05) is 0 Å². The lowest BCUT2D eigenvalue weighted by molar-refractivity contribution is 0.00209. The molecule has 0 aromatic carbocycles. The highest BCUT2D eigenvalue weighted by Gasteiger charge is 2.33. The molecule has 0 unspecified atom stereocenters. The van der Waals surface area contributed by atoms with Crippen molar-refractivity contribution in [2.45, 2.75) is 18.4 Å². The van der Waals surface area contributed by atoms with Gasteiger partial charge >= 0.3 is 0 Å². The Hall–Kier alpha value is -0.710. The number of nitrogens with zero attached hydrogens (tertiary/aromatic N) is 1. The third kappa shape index (κ3) is 2.45. The highest BCUT2D eigenvalue weighted by atomic mass is 35.5. The van der Waals surface area contributed by atoms with Crippen LogP contribution in [0.15, 0.2) is 18.3 Å². The maximum atomic E-state index is 13.3. The third-order valence-corrected chi connectivity index (χ3v) is 2.69. The van der Waals surface area contributed by atoms with E-state index in [0.29, 0.717) is 31.5 Å². The zero-order valence-electron chi connectivity index (χ0n) is 8.24. The van der Waals surface area contributed by atoms with Gasteiger partial charge in [0.1, 0.15) is 0 Å². The summed E-state index contributed by atoms with van der Waals surface area (Å²) >= 11 is 0. The van der Waals surface area contributed by atoms with Gasteiger partial charge in [-0.05, 0) is 32.0 Å². The Morgan fingerprint density at radius 2 is 2.07 bits per heavy atom. The van der Waals surface area contributed by atoms with Crippen LogP contribution in [-0.2, 0) is 5.60 Å². The summed E-state index contributed by atoms with van der Waals surface area (Å²) in [4.78, 5) is 3.55. The van der Waals surface area contributed by atoms with Crippen molar-refractivity contribution >= 4 is 12.4 Å². The Kier molecular flexibility index (Phi) is 4.02. The lowest BCUT2D eigenvalue weighted by Crippen LogP contribution is -2.40. The monoisotopic (exact) mass is 232 g/mol. The molecule has 84 valence electrons. The van der Waals surface area contributed by atoms with E-state index in [1.54, 1.807) is 12.1 Å². The minimum absolute atomic E-state index is 0. The molecule has 1 aromatic rings. The largest absolute Gasteiger partial charge is 0.385 e. The fraction of sp³-hybridized carbons (Fsp3) is 0.500. The van der Waals surface area contributed by atoms with E-state index >= 15 is 0 Å². The van der Waals surface area contributed by atoms with Crippen LogP contribution in [0.4, 0.5) is 4.39 Å². The minimum Gasteiger partial charge on any atom is -0.385 e. The molecular weight excluding hydrogens is 219 g/mol. The van der Waals surface area contributed by atoms with Crippen molar-refractivity contribution < 1.29 is 9.50 Å². The lowest BCUT2D eigenvalue weighted by Gasteiger charge is -2.32. The first-order valence-corrected chi connectivity index (χ1v) is 4.76. The Morgan fingerprint density at radius 1 is 1.40 bits per heavy atom. The van der Waals surface area contributed by atoms with E-state index in [1.165, 1.54) is 6.20 Å². The van der Waals surface area contributed by atoms with Crippen LogP contribution >= 0.6 is 12.4 Å². The van der Waals surface area contributed by atoms with Crippen molar-refractivity contribution in [3.05, 3.63) is 29.8 Å². The summed E-state index contributed by atoms with van der Waals surface area (Å²) < 4.78 is 13.3. The summed E-state index contributed by atoms with van der Waals surface area (Å²) in [6, 6.07) is 3.26. The number of pyridine rings is 1. The number of aromatic nitrogens is 1.